The van der Waals surface area contributed by atoms with Crippen LogP contribution in [0.2, 0.25) is 0 Å². The fraction of sp³-hybridized carbons (Fsp3) is 0.500. The molecule has 1 rings (SSSR count). The molecule has 2 heteroatoms. The van der Waals surface area contributed by atoms with Gasteiger partial charge in [-0.15, -0.1) is 11.3 Å². The Morgan fingerprint density at radius 3 is 2.80 bits per heavy atom. The van der Waals surface area contributed by atoms with Crippen molar-refractivity contribution in [3.63, 3.8) is 0 Å². The minimum absolute atomic E-state index is 0.250. The van der Waals surface area contributed by atoms with Crippen LogP contribution >= 0.6 is 11.3 Å². The standard InChI is InChI=1S/C8H13NS/c1-3-7(9)8-6(2)4-5-10-8/h4-5,7H,3,9H2,1-2H3/t7-/m1/s1. The normalized spacial score (nSPS) is 13.5. The van der Waals surface area contributed by atoms with Gasteiger partial charge >= 0.3 is 0 Å². The SMILES string of the molecule is CC[C@@H](N)c1sccc1C. The Morgan fingerprint density at radius 2 is 2.40 bits per heavy atom. The zero-order valence-corrected chi connectivity index (χ0v) is 7.24. The average molecular weight is 155 g/mol. The summed E-state index contributed by atoms with van der Waals surface area (Å²) in [6.45, 7) is 4.23. The molecule has 56 valence electrons. The van der Waals surface area contributed by atoms with Gasteiger partial charge in [-0.1, -0.05) is 6.92 Å². The van der Waals surface area contributed by atoms with Gasteiger partial charge in [0.15, 0.2) is 0 Å². The summed E-state index contributed by atoms with van der Waals surface area (Å²) >= 11 is 1.76. The number of hydrogen-bond acceptors (Lipinski definition) is 2. The molecule has 0 aliphatic carbocycles. The number of aryl methyl sites for hydroxylation is 1. The Labute approximate surface area is 65.9 Å². The third-order valence-electron chi connectivity index (χ3n) is 1.68. The molecule has 0 saturated carbocycles. The predicted octanol–water partition coefficient (Wildman–Crippen LogP) is 2.47. The third kappa shape index (κ3) is 1.39. The number of hydrogen-bond donors (Lipinski definition) is 1. The molecule has 10 heavy (non-hydrogen) atoms. The van der Waals surface area contributed by atoms with Crippen LogP contribution in [-0.2, 0) is 0 Å². The van der Waals surface area contributed by atoms with Gasteiger partial charge in [-0.25, -0.2) is 0 Å². The lowest BCUT2D eigenvalue weighted by atomic mass is 10.1. The van der Waals surface area contributed by atoms with E-state index in [2.05, 4.69) is 25.3 Å². The van der Waals surface area contributed by atoms with Gasteiger partial charge in [-0.05, 0) is 30.4 Å². The van der Waals surface area contributed by atoms with Gasteiger partial charge in [0.05, 0.1) is 0 Å². The van der Waals surface area contributed by atoms with Crippen LogP contribution in [0.25, 0.3) is 0 Å². The molecule has 0 fully saturated rings. The van der Waals surface area contributed by atoms with Crippen LogP contribution in [0.15, 0.2) is 11.4 Å². The van der Waals surface area contributed by atoms with Crippen LogP contribution in [0, 0.1) is 6.92 Å². The van der Waals surface area contributed by atoms with Gasteiger partial charge in [-0.3, -0.25) is 0 Å². The van der Waals surface area contributed by atoms with Crippen molar-refractivity contribution >= 4 is 11.3 Å². The van der Waals surface area contributed by atoms with Crippen LogP contribution in [0.1, 0.15) is 29.8 Å². The zero-order chi connectivity index (χ0) is 7.56. The first-order chi connectivity index (χ1) is 4.75. The topological polar surface area (TPSA) is 26.0 Å². The van der Waals surface area contributed by atoms with Gasteiger partial charge in [0.25, 0.3) is 0 Å². The Kier molecular flexibility index (Phi) is 2.46. The minimum atomic E-state index is 0.250. The molecule has 0 spiro atoms. The lowest BCUT2D eigenvalue weighted by Crippen LogP contribution is -2.07. The van der Waals surface area contributed by atoms with Crippen LogP contribution in [0.4, 0.5) is 0 Å². The Balaban J connectivity index is 2.82. The first-order valence-corrected chi connectivity index (χ1v) is 4.43. The van der Waals surface area contributed by atoms with E-state index in [1.807, 2.05) is 0 Å². The van der Waals surface area contributed by atoms with E-state index < -0.39 is 0 Å². The summed E-state index contributed by atoms with van der Waals surface area (Å²) in [5, 5.41) is 2.10. The second kappa shape index (κ2) is 3.17. The summed E-state index contributed by atoms with van der Waals surface area (Å²) in [4.78, 5) is 1.34. The maximum absolute atomic E-state index is 5.85. The van der Waals surface area contributed by atoms with E-state index in [1.165, 1.54) is 10.4 Å². The lowest BCUT2D eigenvalue weighted by molar-refractivity contribution is 0.708. The molecule has 2 N–H and O–H groups in total. The highest BCUT2D eigenvalue weighted by Gasteiger charge is 2.06. The van der Waals surface area contributed by atoms with Crippen molar-refractivity contribution < 1.29 is 0 Å². The Morgan fingerprint density at radius 1 is 1.70 bits per heavy atom. The van der Waals surface area contributed by atoms with E-state index in [4.69, 9.17) is 5.73 Å². The Bertz CT molecular complexity index is 205. The highest BCUT2D eigenvalue weighted by molar-refractivity contribution is 7.10. The predicted molar refractivity (Wildman–Crippen MR) is 46.3 cm³/mol. The van der Waals surface area contributed by atoms with E-state index in [-0.39, 0.29) is 6.04 Å². The maximum atomic E-state index is 5.85. The molecule has 0 aromatic carbocycles. The summed E-state index contributed by atoms with van der Waals surface area (Å²) in [6, 6.07) is 2.37. The minimum Gasteiger partial charge on any atom is -0.323 e. The lowest BCUT2D eigenvalue weighted by Gasteiger charge is -2.06. The number of nitrogens with two attached hydrogens (primary N) is 1. The highest BCUT2D eigenvalue weighted by atomic mass is 32.1. The van der Waals surface area contributed by atoms with Crippen molar-refractivity contribution in [1.82, 2.24) is 0 Å². The molecule has 0 saturated heterocycles. The fourth-order valence-corrected chi connectivity index (χ4v) is 1.96. The molecule has 0 bridgehead atoms. The summed E-state index contributed by atoms with van der Waals surface area (Å²) in [7, 11) is 0. The van der Waals surface area contributed by atoms with Crippen LogP contribution in [0.3, 0.4) is 0 Å². The quantitative estimate of drug-likeness (QED) is 0.697. The fourth-order valence-electron chi connectivity index (χ4n) is 0.950. The molecule has 0 unspecified atom stereocenters. The first kappa shape index (κ1) is 7.76. The summed E-state index contributed by atoms with van der Waals surface area (Å²) in [5.41, 5.74) is 7.18. The zero-order valence-electron chi connectivity index (χ0n) is 6.42. The second-order valence-corrected chi connectivity index (χ2v) is 3.43. The maximum Gasteiger partial charge on any atom is 0.0389 e. The van der Waals surface area contributed by atoms with Gasteiger partial charge in [0.2, 0.25) is 0 Å². The highest BCUT2D eigenvalue weighted by Crippen LogP contribution is 2.23. The Hall–Kier alpha value is -0.340. The molecule has 0 radical (unpaired) electrons. The van der Waals surface area contributed by atoms with Crippen molar-refractivity contribution in [2.75, 3.05) is 0 Å². The van der Waals surface area contributed by atoms with E-state index in [0.717, 1.165) is 6.42 Å². The van der Waals surface area contributed by atoms with Gasteiger partial charge in [0.1, 0.15) is 0 Å². The molecule has 1 aromatic rings. The van der Waals surface area contributed by atoms with Crippen molar-refractivity contribution in [3.8, 4) is 0 Å². The van der Waals surface area contributed by atoms with E-state index in [9.17, 15) is 0 Å². The molecular formula is C8H13NS. The van der Waals surface area contributed by atoms with E-state index in [0.29, 0.717) is 0 Å². The van der Waals surface area contributed by atoms with Gasteiger partial charge in [0, 0.05) is 10.9 Å². The monoisotopic (exact) mass is 155 g/mol. The van der Waals surface area contributed by atoms with Crippen LogP contribution in [0.5, 0.6) is 0 Å². The van der Waals surface area contributed by atoms with Gasteiger partial charge < -0.3 is 5.73 Å². The smallest absolute Gasteiger partial charge is 0.0389 e. The molecule has 1 nitrogen and oxygen atoms in total. The first-order valence-electron chi connectivity index (χ1n) is 3.55. The van der Waals surface area contributed by atoms with Crippen molar-refractivity contribution in [2.24, 2.45) is 5.73 Å². The van der Waals surface area contributed by atoms with Crippen LogP contribution < -0.4 is 5.73 Å². The molecule has 0 aliphatic heterocycles. The van der Waals surface area contributed by atoms with E-state index in [1.54, 1.807) is 11.3 Å². The molecule has 0 aliphatic rings. The molecular weight excluding hydrogens is 142 g/mol. The molecule has 1 heterocycles. The molecule has 1 atom stereocenters. The van der Waals surface area contributed by atoms with Crippen molar-refractivity contribution in [1.29, 1.82) is 0 Å². The van der Waals surface area contributed by atoms with Crippen LogP contribution in [-0.4, -0.2) is 0 Å². The second-order valence-electron chi connectivity index (χ2n) is 2.48. The van der Waals surface area contributed by atoms with Gasteiger partial charge in [-0.2, -0.15) is 0 Å². The van der Waals surface area contributed by atoms with E-state index >= 15 is 0 Å². The molecule has 1 aromatic heterocycles. The largest absolute Gasteiger partial charge is 0.323 e. The van der Waals surface area contributed by atoms with Crippen molar-refractivity contribution in [2.45, 2.75) is 26.3 Å². The average Bonchev–Trinajstić information content (AvgIpc) is 2.34. The van der Waals surface area contributed by atoms with Crippen molar-refractivity contribution in [3.05, 3.63) is 21.9 Å². The summed E-state index contributed by atoms with van der Waals surface area (Å²) < 4.78 is 0. The number of rotatable bonds is 2. The summed E-state index contributed by atoms with van der Waals surface area (Å²) in [5.74, 6) is 0. The summed E-state index contributed by atoms with van der Waals surface area (Å²) in [6.07, 6.45) is 1.03. The number of thiophene rings is 1. The molecule has 0 amide bonds. The third-order valence-corrected chi connectivity index (χ3v) is 2.83.